The van der Waals surface area contributed by atoms with Gasteiger partial charge in [0.05, 0.1) is 23.9 Å². The smallest absolute Gasteiger partial charge is 0.337 e. The standard InChI is InChI=1S/C24H24ClN3O4/c1-15-11-18(24(30)31-4)9-10-21(15)28-16(2)12-19(17(28)3)13-26-27-23(29)14-32-22-8-6-5-7-20(22)25/h5-13H,14H2,1-4H3,(H,27,29)/b26-13-. The molecule has 0 saturated carbocycles. The predicted molar refractivity (Wildman–Crippen MR) is 124 cm³/mol. The third-order valence-corrected chi connectivity index (χ3v) is 5.23. The Balaban J connectivity index is 1.69. The summed E-state index contributed by atoms with van der Waals surface area (Å²) in [5.74, 6) is -0.336. The molecule has 32 heavy (non-hydrogen) atoms. The van der Waals surface area contributed by atoms with E-state index in [9.17, 15) is 9.59 Å². The molecule has 8 heteroatoms. The maximum atomic E-state index is 12.0. The highest BCUT2D eigenvalue weighted by Gasteiger charge is 2.14. The minimum absolute atomic E-state index is 0.203. The second-order valence-corrected chi connectivity index (χ2v) is 7.57. The molecule has 0 unspecified atom stereocenters. The lowest BCUT2D eigenvalue weighted by Crippen LogP contribution is -2.24. The number of hydrogen-bond donors (Lipinski definition) is 1. The molecular formula is C24H24ClN3O4. The number of carbonyl (C=O) groups is 2. The topological polar surface area (TPSA) is 81.9 Å². The van der Waals surface area contributed by atoms with Gasteiger partial charge in [0.25, 0.3) is 5.91 Å². The summed E-state index contributed by atoms with van der Waals surface area (Å²) < 4.78 is 12.3. The highest BCUT2D eigenvalue weighted by Crippen LogP contribution is 2.24. The number of aryl methyl sites for hydroxylation is 2. The number of hydrogen-bond acceptors (Lipinski definition) is 5. The lowest BCUT2D eigenvalue weighted by molar-refractivity contribution is -0.123. The molecule has 1 amide bonds. The van der Waals surface area contributed by atoms with Gasteiger partial charge in [0.1, 0.15) is 5.75 Å². The van der Waals surface area contributed by atoms with E-state index in [1.807, 2.05) is 32.9 Å². The third kappa shape index (κ3) is 5.18. The molecule has 0 aliphatic rings. The van der Waals surface area contributed by atoms with E-state index in [1.165, 1.54) is 7.11 Å². The summed E-state index contributed by atoms with van der Waals surface area (Å²) in [4.78, 5) is 23.8. The van der Waals surface area contributed by atoms with Crippen LogP contribution in [0.15, 0.2) is 53.6 Å². The van der Waals surface area contributed by atoms with E-state index in [4.69, 9.17) is 21.1 Å². The fourth-order valence-corrected chi connectivity index (χ4v) is 3.54. The molecule has 166 valence electrons. The van der Waals surface area contributed by atoms with E-state index in [2.05, 4.69) is 15.1 Å². The van der Waals surface area contributed by atoms with Crippen LogP contribution in [0, 0.1) is 20.8 Å². The minimum atomic E-state index is -0.399. The van der Waals surface area contributed by atoms with Crippen molar-refractivity contribution >= 4 is 29.7 Å². The predicted octanol–water partition coefficient (Wildman–Crippen LogP) is 4.37. The Morgan fingerprint density at radius 3 is 2.56 bits per heavy atom. The number of esters is 1. The summed E-state index contributed by atoms with van der Waals surface area (Å²) in [5.41, 5.74) is 7.63. The largest absolute Gasteiger partial charge is 0.482 e. The first-order valence-corrected chi connectivity index (χ1v) is 10.3. The van der Waals surface area contributed by atoms with Gasteiger partial charge < -0.3 is 14.0 Å². The van der Waals surface area contributed by atoms with Crippen LogP contribution in [-0.2, 0) is 9.53 Å². The number of hydrazone groups is 1. The van der Waals surface area contributed by atoms with Crippen LogP contribution in [0.3, 0.4) is 0 Å². The van der Waals surface area contributed by atoms with Crippen LogP contribution in [0.25, 0.3) is 5.69 Å². The molecule has 1 heterocycles. The van der Waals surface area contributed by atoms with Crippen molar-refractivity contribution in [2.75, 3.05) is 13.7 Å². The lowest BCUT2D eigenvalue weighted by atomic mass is 10.1. The third-order valence-electron chi connectivity index (χ3n) is 4.92. The molecule has 0 saturated heterocycles. The zero-order chi connectivity index (χ0) is 23.3. The number of ether oxygens (including phenoxy) is 2. The van der Waals surface area contributed by atoms with Crippen molar-refractivity contribution in [1.82, 2.24) is 9.99 Å². The van der Waals surface area contributed by atoms with E-state index in [1.54, 1.807) is 42.6 Å². The van der Waals surface area contributed by atoms with Crippen LogP contribution in [0.2, 0.25) is 5.02 Å². The maximum Gasteiger partial charge on any atom is 0.337 e. The van der Waals surface area contributed by atoms with E-state index in [0.29, 0.717) is 16.3 Å². The Kier molecular flexibility index (Phi) is 7.33. The van der Waals surface area contributed by atoms with Gasteiger partial charge in [-0.25, -0.2) is 10.2 Å². The Labute approximate surface area is 191 Å². The van der Waals surface area contributed by atoms with Crippen LogP contribution >= 0.6 is 11.6 Å². The monoisotopic (exact) mass is 453 g/mol. The number of nitrogens with one attached hydrogen (secondary N) is 1. The number of nitrogens with zero attached hydrogens (tertiary/aromatic N) is 2. The first-order chi connectivity index (χ1) is 15.3. The fraction of sp³-hybridized carbons (Fsp3) is 0.208. The van der Waals surface area contributed by atoms with E-state index < -0.39 is 5.91 Å². The van der Waals surface area contributed by atoms with Gasteiger partial charge >= 0.3 is 5.97 Å². The Hall–Kier alpha value is -3.58. The molecule has 7 nitrogen and oxygen atoms in total. The van der Waals surface area contributed by atoms with Gasteiger partial charge in [0.15, 0.2) is 6.61 Å². The average Bonchev–Trinajstić information content (AvgIpc) is 3.05. The quantitative estimate of drug-likeness (QED) is 0.327. The average molecular weight is 454 g/mol. The zero-order valence-corrected chi connectivity index (χ0v) is 19.1. The van der Waals surface area contributed by atoms with Crippen LogP contribution in [0.1, 0.15) is 32.9 Å². The number of methoxy groups -OCH3 is 1. The molecule has 0 aliphatic carbocycles. The van der Waals surface area contributed by atoms with Gasteiger partial charge in [-0.2, -0.15) is 5.10 Å². The van der Waals surface area contributed by atoms with Crippen molar-refractivity contribution < 1.29 is 19.1 Å². The van der Waals surface area contributed by atoms with Crippen molar-refractivity contribution in [2.45, 2.75) is 20.8 Å². The van der Waals surface area contributed by atoms with Gasteiger partial charge in [-0.15, -0.1) is 0 Å². The number of carbonyl (C=O) groups excluding carboxylic acids is 2. The van der Waals surface area contributed by atoms with Crippen LogP contribution in [0.5, 0.6) is 5.75 Å². The van der Waals surface area contributed by atoms with Crippen LogP contribution in [0.4, 0.5) is 0 Å². The van der Waals surface area contributed by atoms with Crippen molar-refractivity contribution in [1.29, 1.82) is 0 Å². The summed E-state index contributed by atoms with van der Waals surface area (Å²) in [6.07, 6.45) is 1.59. The summed E-state index contributed by atoms with van der Waals surface area (Å²) >= 11 is 6.01. The first kappa shape index (κ1) is 23.1. The maximum absolute atomic E-state index is 12.0. The number of amides is 1. The molecule has 0 atom stereocenters. The molecule has 0 radical (unpaired) electrons. The van der Waals surface area contributed by atoms with E-state index in [0.717, 1.165) is 28.2 Å². The molecular weight excluding hydrogens is 430 g/mol. The molecule has 2 aromatic carbocycles. The van der Waals surface area contributed by atoms with Crippen LogP contribution < -0.4 is 10.2 Å². The number of rotatable bonds is 7. The molecule has 0 spiro atoms. The molecule has 0 aliphatic heterocycles. The minimum Gasteiger partial charge on any atom is -0.482 e. The molecule has 0 fully saturated rings. The van der Waals surface area contributed by atoms with Crippen molar-refractivity contribution in [3.8, 4) is 11.4 Å². The van der Waals surface area contributed by atoms with Gasteiger partial charge in [-0.3, -0.25) is 4.79 Å². The zero-order valence-electron chi connectivity index (χ0n) is 18.3. The summed E-state index contributed by atoms with van der Waals surface area (Å²) in [6, 6.07) is 14.3. The summed E-state index contributed by atoms with van der Waals surface area (Å²) in [7, 11) is 1.36. The van der Waals surface area contributed by atoms with Crippen LogP contribution in [-0.4, -0.2) is 36.4 Å². The molecule has 1 N–H and O–H groups in total. The number of aromatic nitrogens is 1. The SMILES string of the molecule is COC(=O)c1ccc(-n2c(C)cc(/C=N\NC(=O)COc3ccccc3Cl)c2C)c(C)c1. The Bertz CT molecular complexity index is 1180. The number of halogens is 1. The number of benzene rings is 2. The van der Waals surface area contributed by atoms with Gasteiger partial charge in [0, 0.05) is 22.6 Å². The molecule has 1 aromatic heterocycles. The second kappa shape index (κ2) is 10.2. The summed E-state index contributed by atoms with van der Waals surface area (Å²) in [6.45, 7) is 5.68. The van der Waals surface area contributed by atoms with E-state index >= 15 is 0 Å². The second-order valence-electron chi connectivity index (χ2n) is 7.17. The molecule has 0 bridgehead atoms. The number of para-hydroxylation sites is 1. The molecule has 3 rings (SSSR count). The van der Waals surface area contributed by atoms with Gasteiger partial charge in [0.2, 0.25) is 0 Å². The Morgan fingerprint density at radius 2 is 1.88 bits per heavy atom. The van der Waals surface area contributed by atoms with E-state index in [-0.39, 0.29) is 12.6 Å². The van der Waals surface area contributed by atoms with Gasteiger partial charge in [-0.1, -0.05) is 23.7 Å². The Morgan fingerprint density at radius 1 is 1.12 bits per heavy atom. The molecule has 3 aromatic rings. The lowest BCUT2D eigenvalue weighted by Gasteiger charge is -2.13. The van der Waals surface area contributed by atoms with Crippen molar-refractivity contribution in [3.05, 3.63) is 81.6 Å². The van der Waals surface area contributed by atoms with Crippen molar-refractivity contribution in [2.24, 2.45) is 5.10 Å². The normalized spacial score (nSPS) is 10.9. The summed E-state index contributed by atoms with van der Waals surface area (Å²) in [5, 5.41) is 4.48. The fourth-order valence-electron chi connectivity index (χ4n) is 3.35. The highest BCUT2D eigenvalue weighted by atomic mass is 35.5. The highest BCUT2D eigenvalue weighted by molar-refractivity contribution is 6.32. The first-order valence-electron chi connectivity index (χ1n) is 9.89. The van der Waals surface area contributed by atoms with Crippen molar-refractivity contribution in [3.63, 3.8) is 0 Å². The van der Waals surface area contributed by atoms with Gasteiger partial charge in [-0.05, 0) is 62.7 Å².